The predicted molar refractivity (Wildman–Crippen MR) is 103 cm³/mol. The van der Waals surface area contributed by atoms with Crippen LogP contribution in [0, 0.1) is 13.8 Å². The van der Waals surface area contributed by atoms with Gasteiger partial charge in [0.25, 0.3) is 0 Å². The zero-order chi connectivity index (χ0) is 20.3. The molecule has 0 spiro atoms. The van der Waals surface area contributed by atoms with Gasteiger partial charge in [-0.3, -0.25) is 9.25 Å². The van der Waals surface area contributed by atoms with Gasteiger partial charge in [-0.25, -0.2) is 9.36 Å². The van der Waals surface area contributed by atoms with E-state index in [0.29, 0.717) is 30.9 Å². The number of aromatic hydroxyl groups is 2. The molecule has 9 heteroatoms. The van der Waals surface area contributed by atoms with Crippen LogP contribution in [0.5, 0.6) is 11.6 Å². The summed E-state index contributed by atoms with van der Waals surface area (Å²) in [6.45, 7) is 4.46. The molecule has 3 aromatic heterocycles. The van der Waals surface area contributed by atoms with Crippen LogP contribution in [0.2, 0.25) is 0 Å². The molecule has 9 nitrogen and oxygen atoms in total. The summed E-state index contributed by atoms with van der Waals surface area (Å²) in [7, 11) is 0. The summed E-state index contributed by atoms with van der Waals surface area (Å²) >= 11 is 0. The van der Waals surface area contributed by atoms with Crippen molar-refractivity contribution in [3.05, 3.63) is 74.9 Å². The molecule has 4 heterocycles. The number of imidazole rings is 1. The molecule has 0 saturated heterocycles. The summed E-state index contributed by atoms with van der Waals surface area (Å²) in [6, 6.07) is 5.08. The third kappa shape index (κ3) is 2.65. The summed E-state index contributed by atoms with van der Waals surface area (Å²) < 4.78 is 9.65. The Bertz CT molecular complexity index is 1290. The first-order valence-corrected chi connectivity index (χ1v) is 9.21. The van der Waals surface area contributed by atoms with Crippen LogP contribution >= 0.6 is 0 Å². The fourth-order valence-corrected chi connectivity index (χ4v) is 3.87. The quantitative estimate of drug-likeness (QED) is 0.484. The molecule has 148 valence electrons. The average molecular weight is 393 g/mol. The SMILES string of the molecule is Cc1noc(C)c1Cn1cc(-n2c(O)c3n(c2=O)Cc2cc(O)ccc2C3)cn1. The van der Waals surface area contributed by atoms with E-state index in [1.807, 2.05) is 19.9 Å². The maximum Gasteiger partial charge on any atom is 0.336 e. The molecule has 0 fully saturated rings. The van der Waals surface area contributed by atoms with E-state index in [1.165, 1.54) is 9.13 Å². The lowest BCUT2D eigenvalue weighted by Gasteiger charge is -2.17. The van der Waals surface area contributed by atoms with Gasteiger partial charge in [0.2, 0.25) is 5.88 Å². The second-order valence-corrected chi connectivity index (χ2v) is 7.30. The van der Waals surface area contributed by atoms with Gasteiger partial charge >= 0.3 is 5.69 Å². The second kappa shape index (κ2) is 6.13. The Kier molecular flexibility index (Phi) is 3.67. The molecule has 4 aromatic rings. The summed E-state index contributed by atoms with van der Waals surface area (Å²) in [4.78, 5) is 13.0. The van der Waals surface area contributed by atoms with Gasteiger partial charge in [0.15, 0.2) is 0 Å². The molecule has 0 saturated carbocycles. The van der Waals surface area contributed by atoms with Crippen molar-refractivity contribution < 1.29 is 14.7 Å². The Hall–Kier alpha value is -3.75. The fraction of sp³-hybridized carbons (Fsp3) is 0.250. The minimum Gasteiger partial charge on any atom is -0.508 e. The Balaban J connectivity index is 1.53. The molecule has 1 aromatic carbocycles. The van der Waals surface area contributed by atoms with Crippen LogP contribution in [0.4, 0.5) is 0 Å². The Morgan fingerprint density at radius 1 is 1.21 bits per heavy atom. The van der Waals surface area contributed by atoms with E-state index in [0.717, 1.165) is 28.1 Å². The van der Waals surface area contributed by atoms with Crippen LogP contribution in [-0.4, -0.2) is 34.3 Å². The van der Waals surface area contributed by atoms with E-state index in [9.17, 15) is 15.0 Å². The second-order valence-electron chi connectivity index (χ2n) is 7.30. The number of hydrogen-bond donors (Lipinski definition) is 2. The minimum absolute atomic E-state index is 0.0920. The average Bonchev–Trinajstić information content (AvgIpc) is 3.34. The highest BCUT2D eigenvalue weighted by atomic mass is 16.5. The third-order valence-corrected chi connectivity index (χ3v) is 5.47. The zero-order valence-corrected chi connectivity index (χ0v) is 16.0. The number of phenols is 1. The van der Waals surface area contributed by atoms with Crippen molar-refractivity contribution in [1.29, 1.82) is 0 Å². The predicted octanol–water partition coefficient (Wildman–Crippen LogP) is 1.85. The Labute approximate surface area is 165 Å². The molecule has 0 unspecified atom stereocenters. The lowest BCUT2D eigenvalue weighted by Crippen LogP contribution is -2.27. The Morgan fingerprint density at radius 3 is 2.79 bits per heavy atom. The Morgan fingerprint density at radius 2 is 2.03 bits per heavy atom. The minimum atomic E-state index is -0.344. The molecule has 29 heavy (non-hydrogen) atoms. The van der Waals surface area contributed by atoms with Crippen molar-refractivity contribution in [1.82, 2.24) is 24.1 Å². The van der Waals surface area contributed by atoms with E-state index < -0.39 is 0 Å². The molecule has 0 radical (unpaired) electrons. The van der Waals surface area contributed by atoms with Crippen molar-refractivity contribution in [2.75, 3.05) is 0 Å². The van der Waals surface area contributed by atoms with Gasteiger partial charge in [0.1, 0.15) is 11.5 Å². The van der Waals surface area contributed by atoms with Gasteiger partial charge in [0.05, 0.1) is 36.4 Å². The number of phenolic OH excluding ortho intramolecular Hbond substituents is 1. The van der Waals surface area contributed by atoms with Gasteiger partial charge in [-0.15, -0.1) is 0 Å². The summed E-state index contributed by atoms with van der Waals surface area (Å²) in [5, 5.41) is 28.8. The van der Waals surface area contributed by atoms with Crippen LogP contribution < -0.4 is 5.69 Å². The van der Waals surface area contributed by atoms with Crippen molar-refractivity contribution in [3.8, 4) is 17.3 Å². The van der Waals surface area contributed by atoms with Crippen LogP contribution in [0.1, 0.15) is 33.8 Å². The summed E-state index contributed by atoms with van der Waals surface area (Å²) in [6.07, 6.45) is 3.67. The monoisotopic (exact) mass is 393 g/mol. The van der Waals surface area contributed by atoms with E-state index in [4.69, 9.17) is 4.52 Å². The number of benzene rings is 1. The first-order valence-electron chi connectivity index (χ1n) is 9.21. The standard InChI is InChI=1S/C20H19N5O4/c1-11-17(12(2)29-22-11)10-23-9-15(7-21-23)25-19(27)18-6-13-3-4-16(26)5-14(13)8-24(18)20(25)28/h3-5,7,9,26-27H,6,8,10H2,1-2H3. The maximum absolute atomic E-state index is 13.0. The van der Waals surface area contributed by atoms with Crippen molar-refractivity contribution in [2.24, 2.45) is 0 Å². The van der Waals surface area contributed by atoms with Gasteiger partial charge < -0.3 is 14.7 Å². The van der Waals surface area contributed by atoms with Gasteiger partial charge in [-0.2, -0.15) is 5.10 Å². The van der Waals surface area contributed by atoms with Crippen molar-refractivity contribution >= 4 is 0 Å². The lowest BCUT2D eigenvalue weighted by atomic mass is 9.99. The van der Waals surface area contributed by atoms with Crippen LogP contribution in [0.3, 0.4) is 0 Å². The highest BCUT2D eigenvalue weighted by Crippen LogP contribution is 2.30. The number of aromatic nitrogens is 5. The summed E-state index contributed by atoms with van der Waals surface area (Å²) in [5.41, 5.74) is 4.25. The number of hydrogen-bond acceptors (Lipinski definition) is 6. The molecular weight excluding hydrogens is 374 g/mol. The largest absolute Gasteiger partial charge is 0.508 e. The molecule has 1 aliphatic rings. The smallest absolute Gasteiger partial charge is 0.336 e. The number of fused-ring (bicyclic) bond motifs is 2. The normalized spacial score (nSPS) is 12.8. The third-order valence-electron chi connectivity index (χ3n) is 5.47. The van der Waals surface area contributed by atoms with E-state index in [1.54, 1.807) is 29.2 Å². The lowest BCUT2D eigenvalue weighted by molar-refractivity contribution is 0.391. The molecule has 0 amide bonds. The number of rotatable bonds is 3. The van der Waals surface area contributed by atoms with Crippen LogP contribution in [-0.2, 0) is 19.5 Å². The first-order chi connectivity index (χ1) is 13.9. The first kappa shape index (κ1) is 17.4. The zero-order valence-electron chi connectivity index (χ0n) is 16.0. The van der Waals surface area contributed by atoms with Crippen LogP contribution in [0.15, 0.2) is 39.9 Å². The molecule has 0 bridgehead atoms. The molecule has 0 atom stereocenters. The summed E-state index contributed by atoms with van der Waals surface area (Å²) in [5.74, 6) is 0.787. The molecule has 2 N–H and O–H groups in total. The van der Waals surface area contributed by atoms with E-state index in [-0.39, 0.29) is 17.3 Å². The highest BCUT2D eigenvalue weighted by Gasteiger charge is 2.26. The van der Waals surface area contributed by atoms with E-state index >= 15 is 0 Å². The molecule has 0 aliphatic carbocycles. The fourth-order valence-electron chi connectivity index (χ4n) is 3.87. The molecular formula is C20H19N5O4. The van der Waals surface area contributed by atoms with Crippen LogP contribution in [0.25, 0.3) is 5.69 Å². The van der Waals surface area contributed by atoms with Gasteiger partial charge in [-0.05, 0) is 37.1 Å². The topological polar surface area (TPSA) is 111 Å². The maximum atomic E-state index is 13.0. The number of aryl methyl sites for hydroxylation is 2. The van der Waals surface area contributed by atoms with Crippen molar-refractivity contribution in [3.63, 3.8) is 0 Å². The number of nitrogens with zero attached hydrogens (tertiary/aromatic N) is 5. The van der Waals surface area contributed by atoms with E-state index in [2.05, 4.69) is 10.3 Å². The molecule has 5 rings (SSSR count). The van der Waals surface area contributed by atoms with Crippen molar-refractivity contribution in [2.45, 2.75) is 33.4 Å². The highest BCUT2D eigenvalue weighted by molar-refractivity contribution is 5.44. The van der Waals surface area contributed by atoms with Gasteiger partial charge in [-0.1, -0.05) is 11.2 Å². The molecule has 1 aliphatic heterocycles. The van der Waals surface area contributed by atoms with Gasteiger partial charge in [0, 0.05) is 18.2 Å².